The first-order valence-corrected chi connectivity index (χ1v) is 12.8. The molecule has 1 aliphatic heterocycles. The van der Waals surface area contributed by atoms with Crippen molar-refractivity contribution in [1.82, 2.24) is 9.80 Å². The lowest BCUT2D eigenvalue weighted by molar-refractivity contribution is -0.148. The molecule has 1 amide bonds. The molecule has 1 aromatic carbocycles. The average molecular weight is 566 g/mol. The fourth-order valence-corrected chi connectivity index (χ4v) is 7.25. The summed E-state index contributed by atoms with van der Waals surface area (Å²) in [6, 6.07) is -0.933. The molecule has 3 aliphatic carbocycles. The molecule has 216 valence electrons. The van der Waals surface area contributed by atoms with Gasteiger partial charge in [0, 0.05) is 17.5 Å². The average Bonchev–Trinajstić information content (AvgIpc) is 3.25. The van der Waals surface area contributed by atoms with E-state index in [2.05, 4.69) is 0 Å². The Morgan fingerprint density at radius 3 is 2.38 bits per heavy atom. The first-order valence-electron chi connectivity index (χ1n) is 12.8. The van der Waals surface area contributed by atoms with Gasteiger partial charge in [-0.2, -0.15) is 13.2 Å². The summed E-state index contributed by atoms with van der Waals surface area (Å²) in [7, 11) is 4.62. The minimum atomic E-state index is -4.88. The lowest BCUT2D eigenvalue weighted by Crippen LogP contribution is -2.63. The lowest BCUT2D eigenvalue weighted by atomic mass is 9.58. The zero-order valence-electron chi connectivity index (χ0n) is 22.0. The molecule has 1 fully saturated rings. The molecule has 1 unspecified atom stereocenters. The number of alkyl halides is 3. The number of phenols is 1. The predicted octanol–water partition coefficient (Wildman–Crippen LogP) is 1.91. The highest BCUT2D eigenvalue weighted by atomic mass is 19.4. The van der Waals surface area contributed by atoms with Gasteiger partial charge in [0.05, 0.1) is 17.2 Å². The third-order valence-corrected chi connectivity index (χ3v) is 8.92. The Balaban J connectivity index is 1.75. The molecule has 40 heavy (non-hydrogen) atoms. The Hall–Kier alpha value is -3.42. The number of aliphatic hydroxyl groups excluding tert-OH is 2. The van der Waals surface area contributed by atoms with Gasteiger partial charge in [0.2, 0.25) is 5.78 Å². The van der Waals surface area contributed by atoms with Gasteiger partial charge in [0.1, 0.15) is 22.8 Å². The minimum Gasteiger partial charge on any atom is -0.510 e. The fourth-order valence-electron chi connectivity index (χ4n) is 7.25. The van der Waals surface area contributed by atoms with E-state index in [1.54, 1.807) is 11.9 Å². The number of hydrogen-bond donors (Lipinski definition) is 5. The van der Waals surface area contributed by atoms with Gasteiger partial charge in [0.15, 0.2) is 11.4 Å². The number of likely N-dealkylation sites (tertiary alicyclic amines) is 1. The van der Waals surface area contributed by atoms with E-state index in [0.717, 1.165) is 6.07 Å². The van der Waals surface area contributed by atoms with E-state index in [9.17, 15) is 48.0 Å². The molecular weight excluding hydrogens is 535 g/mol. The third-order valence-electron chi connectivity index (χ3n) is 8.92. The van der Waals surface area contributed by atoms with E-state index in [-0.39, 0.29) is 12.0 Å². The Bertz CT molecular complexity index is 1420. The smallest absolute Gasteiger partial charge is 0.417 e. The molecule has 10 nitrogen and oxygen atoms in total. The number of Topliss-reactive ketones (excluding diaryl/α,β-unsaturated/α-hetero) is 2. The van der Waals surface area contributed by atoms with Gasteiger partial charge in [0.25, 0.3) is 5.91 Å². The van der Waals surface area contributed by atoms with Crippen molar-refractivity contribution >= 4 is 17.5 Å². The van der Waals surface area contributed by atoms with Crippen LogP contribution < -0.4 is 5.73 Å². The van der Waals surface area contributed by atoms with Gasteiger partial charge in [-0.3, -0.25) is 24.2 Å². The van der Waals surface area contributed by atoms with Crippen LogP contribution in [0.4, 0.5) is 13.2 Å². The van der Waals surface area contributed by atoms with Crippen LogP contribution in [-0.4, -0.2) is 87.0 Å². The van der Waals surface area contributed by atoms with Crippen molar-refractivity contribution in [2.75, 3.05) is 27.7 Å². The number of amides is 1. The molecule has 4 aliphatic rings. The molecule has 0 aromatic heterocycles. The summed E-state index contributed by atoms with van der Waals surface area (Å²) in [6.45, 7) is 0.562. The molecule has 5 rings (SSSR count). The van der Waals surface area contributed by atoms with Crippen molar-refractivity contribution in [1.29, 1.82) is 0 Å². The molecule has 1 heterocycles. The van der Waals surface area contributed by atoms with E-state index in [1.165, 1.54) is 19.0 Å². The van der Waals surface area contributed by atoms with Crippen molar-refractivity contribution in [2.45, 2.75) is 49.5 Å². The van der Waals surface area contributed by atoms with Crippen LogP contribution in [0, 0.1) is 11.8 Å². The summed E-state index contributed by atoms with van der Waals surface area (Å²) < 4.78 is 43.9. The number of carbonyl (C=O) groups is 3. The SMILES string of the molecule is CN1CCCC1c1cc(O)c2c(c1C(F)(F)F)C[C@H]1C[C@H]3[C@H](N(C)C)C(O)=C(C(N)=O)C(=O)[C@@]3(O)C(O)=C1C2=O. The highest BCUT2D eigenvalue weighted by Gasteiger charge is 2.63. The highest BCUT2D eigenvalue weighted by Crippen LogP contribution is 2.54. The quantitative estimate of drug-likeness (QED) is 0.344. The number of phenolic OH excluding ortho intramolecular Hbond substituents is 1. The number of rotatable bonds is 3. The van der Waals surface area contributed by atoms with E-state index < -0.39 is 105 Å². The Kier molecular flexibility index (Phi) is 6.36. The number of carbonyl (C=O) groups excluding carboxylic acids is 3. The molecular formula is C27H30F3N3O7. The lowest BCUT2D eigenvalue weighted by Gasteiger charge is -2.50. The maximum atomic E-state index is 14.6. The van der Waals surface area contributed by atoms with Gasteiger partial charge >= 0.3 is 6.18 Å². The van der Waals surface area contributed by atoms with Gasteiger partial charge in [-0.1, -0.05) is 0 Å². The standard InChI is InChI=1S/C27H30F3N3O7/c1-32(2)20-13-8-10-7-12-17(15(34)9-11(19(12)27(28,29)30)14-5-4-6-33(14)3)21(35)16(10)23(37)26(13,40)24(38)18(22(20)36)25(31)39/h9-10,13-14,20,34,36-37,40H,4-8H2,1-3H3,(H2,31,39)/t10-,13-,14?,20-,26-/m0/s1. The van der Waals surface area contributed by atoms with E-state index in [1.807, 2.05) is 0 Å². The number of aliphatic hydroxyl groups is 3. The summed E-state index contributed by atoms with van der Waals surface area (Å²) in [5.41, 5.74) is -1.26. The second-order valence-corrected chi connectivity index (χ2v) is 11.3. The normalized spacial score (nSPS) is 31.0. The molecule has 13 heteroatoms. The number of hydrogen-bond acceptors (Lipinski definition) is 9. The molecule has 0 spiro atoms. The minimum absolute atomic E-state index is 0.147. The largest absolute Gasteiger partial charge is 0.510 e. The Morgan fingerprint density at radius 1 is 1.20 bits per heavy atom. The molecule has 0 radical (unpaired) electrons. The van der Waals surface area contributed by atoms with Gasteiger partial charge < -0.3 is 26.2 Å². The summed E-state index contributed by atoms with van der Waals surface area (Å²) in [5, 5.41) is 44.6. The van der Waals surface area contributed by atoms with Crippen molar-refractivity contribution in [3.05, 3.63) is 51.0 Å². The van der Waals surface area contributed by atoms with Crippen molar-refractivity contribution in [3.63, 3.8) is 0 Å². The number of allylic oxidation sites excluding steroid dienone is 1. The summed E-state index contributed by atoms with van der Waals surface area (Å²) >= 11 is 0. The number of nitrogens with zero attached hydrogens (tertiary/aromatic N) is 2. The van der Waals surface area contributed by atoms with E-state index in [4.69, 9.17) is 5.73 Å². The topological polar surface area (TPSA) is 165 Å². The zero-order valence-corrected chi connectivity index (χ0v) is 22.0. The van der Waals surface area contributed by atoms with Crippen molar-refractivity contribution in [2.24, 2.45) is 17.6 Å². The number of fused-ring (bicyclic) bond motifs is 3. The zero-order chi connectivity index (χ0) is 29.6. The summed E-state index contributed by atoms with van der Waals surface area (Å²) in [5.74, 6) is -8.93. The van der Waals surface area contributed by atoms with Crippen molar-refractivity contribution < 1.29 is 48.0 Å². The number of benzene rings is 1. The number of likely N-dealkylation sites (N-methyl/N-ethyl adjacent to an activating group) is 1. The Labute approximate surface area is 227 Å². The molecule has 0 saturated carbocycles. The maximum absolute atomic E-state index is 14.6. The molecule has 1 saturated heterocycles. The summed E-state index contributed by atoms with van der Waals surface area (Å²) in [4.78, 5) is 42.2. The van der Waals surface area contributed by atoms with Gasteiger partial charge in [-0.05, 0) is 76.5 Å². The first kappa shape index (κ1) is 28.1. The van der Waals surface area contributed by atoms with Crippen LogP contribution in [0.5, 0.6) is 5.75 Å². The second-order valence-electron chi connectivity index (χ2n) is 11.3. The van der Waals surface area contributed by atoms with Crippen LogP contribution in [-0.2, 0) is 22.2 Å². The second kappa shape index (κ2) is 9.05. The molecule has 0 bridgehead atoms. The van der Waals surface area contributed by atoms with Gasteiger partial charge in [-0.25, -0.2) is 0 Å². The van der Waals surface area contributed by atoms with Crippen LogP contribution in [0.3, 0.4) is 0 Å². The number of nitrogens with two attached hydrogens (primary N) is 1. The van der Waals surface area contributed by atoms with E-state index in [0.29, 0.717) is 19.4 Å². The Morgan fingerprint density at radius 2 is 1.85 bits per heavy atom. The van der Waals surface area contributed by atoms with Crippen LogP contribution >= 0.6 is 0 Å². The van der Waals surface area contributed by atoms with Crippen LogP contribution in [0.25, 0.3) is 0 Å². The number of ketones is 2. The summed E-state index contributed by atoms with van der Waals surface area (Å²) in [6.07, 6.45) is -4.52. The number of halogens is 3. The number of primary amides is 1. The van der Waals surface area contributed by atoms with E-state index >= 15 is 0 Å². The molecule has 1 aromatic rings. The van der Waals surface area contributed by atoms with Gasteiger partial charge in [-0.15, -0.1) is 0 Å². The fraction of sp³-hybridized carbons (Fsp3) is 0.519. The molecule has 5 atom stereocenters. The molecule has 6 N–H and O–H groups in total. The highest BCUT2D eigenvalue weighted by molar-refractivity contribution is 6.24. The number of aromatic hydroxyl groups is 1. The van der Waals surface area contributed by atoms with Crippen LogP contribution in [0.15, 0.2) is 28.7 Å². The maximum Gasteiger partial charge on any atom is 0.417 e. The third kappa shape index (κ3) is 3.71. The van der Waals surface area contributed by atoms with Crippen molar-refractivity contribution in [3.8, 4) is 5.75 Å². The monoisotopic (exact) mass is 565 g/mol. The predicted molar refractivity (Wildman–Crippen MR) is 133 cm³/mol. The van der Waals surface area contributed by atoms with Crippen LogP contribution in [0.1, 0.15) is 52.4 Å². The van der Waals surface area contributed by atoms with Crippen LogP contribution in [0.2, 0.25) is 0 Å². The first-order chi connectivity index (χ1) is 18.5.